The van der Waals surface area contributed by atoms with E-state index in [0.717, 1.165) is 12.0 Å². The van der Waals surface area contributed by atoms with E-state index in [4.69, 9.17) is 0 Å². The molecule has 1 N–H and O–H groups in total. The number of likely N-dealkylation sites (tertiary alicyclic amines) is 1. The van der Waals surface area contributed by atoms with E-state index >= 15 is 0 Å². The summed E-state index contributed by atoms with van der Waals surface area (Å²) in [6.07, 6.45) is 8.44. The van der Waals surface area contributed by atoms with E-state index in [0.29, 0.717) is 5.41 Å². The average molecular weight is 238 g/mol. The molecule has 1 saturated carbocycles. The Morgan fingerprint density at radius 2 is 2.00 bits per heavy atom. The monoisotopic (exact) mass is 238 g/mol. The fourth-order valence-electron chi connectivity index (χ4n) is 3.62. The maximum Gasteiger partial charge on any atom is 0.0118 e. The zero-order chi connectivity index (χ0) is 12.3. The third-order valence-electron chi connectivity index (χ3n) is 4.88. The van der Waals surface area contributed by atoms with E-state index in [2.05, 4.69) is 31.1 Å². The molecule has 2 fully saturated rings. The lowest BCUT2D eigenvalue weighted by Crippen LogP contribution is -2.47. The number of nitrogens with one attached hydrogen (secondary N) is 1. The van der Waals surface area contributed by atoms with Crippen molar-refractivity contribution in [2.45, 2.75) is 58.4 Å². The van der Waals surface area contributed by atoms with E-state index in [1.807, 2.05) is 0 Å². The Morgan fingerprint density at radius 1 is 1.18 bits per heavy atom. The van der Waals surface area contributed by atoms with Gasteiger partial charge in [-0.25, -0.2) is 0 Å². The molecule has 0 aromatic rings. The normalized spacial score (nSPS) is 34.8. The molecule has 100 valence electrons. The van der Waals surface area contributed by atoms with Gasteiger partial charge in [0.15, 0.2) is 0 Å². The highest BCUT2D eigenvalue weighted by molar-refractivity contribution is 4.88. The molecule has 2 rings (SSSR count). The van der Waals surface area contributed by atoms with Crippen LogP contribution < -0.4 is 5.32 Å². The molecule has 2 heteroatoms. The van der Waals surface area contributed by atoms with Crippen LogP contribution in [0.3, 0.4) is 0 Å². The predicted octanol–water partition coefficient (Wildman–Crippen LogP) is 2.89. The number of nitrogens with zero attached hydrogens (tertiary/aromatic N) is 1. The largest absolute Gasteiger partial charge is 0.313 e. The Hall–Kier alpha value is -0.0800. The molecule has 2 unspecified atom stereocenters. The molecule has 0 amide bonds. The van der Waals surface area contributed by atoms with Crippen LogP contribution in [0.5, 0.6) is 0 Å². The minimum absolute atomic E-state index is 0.513. The maximum atomic E-state index is 3.88. The SMILES string of the molecule is CN1CCCC(CNC2CCCCC2(C)C)C1. The molecule has 0 spiro atoms. The predicted molar refractivity (Wildman–Crippen MR) is 74.3 cm³/mol. The van der Waals surface area contributed by atoms with Gasteiger partial charge in [-0.05, 0) is 57.2 Å². The van der Waals surface area contributed by atoms with Crippen LogP contribution in [0.15, 0.2) is 0 Å². The van der Waals surface area contributed by atoms with Crippen LogP contribution >= 0.6 is 0 Å². The summed E-state index contributed by atoms with van der Waals surface area (Å²) < 4.78 is 0. The lowest BCUT2D eigenvalue weighted by molar-refractivity contribution is 0.146. The lowest BCUT2D eigenvalue weighted by Gasteiger charge is -2.40. The van der Waals surface area contributed by atoms with Crippen molar-refractivity contribution >= 4 is 0 Å². The summed E-state index contributed by atoms with van der Waals surface area (Å²) in [6, 6.07) is 0.753. The van der Waals surface area contributed by atoms with Gasteiger partial charge in [0, 0.05) is 12.6 Å². The number of hydrogen-bond donors (Lipinski definition) is 1. The summed E-state index contributed by atoms with van der Waals surface area (Å²) in [4.78, 5) is 2.49. The van der Waals surface area contributed by atoms with Crippen molar-refractivity contribution in [1.82, 2.24) is 10.2 Å². The van der Waals surface area contributed by atoms with E-state index in [-0.39, 0.29) is 0 Å². The molecule has 1 aliphatic heterocycles. The third-order valence-corrected chi connectivity index (χ3v) is 4.88. The van der Waals surface area contributed by atoms with Crippen LogP contribution in [0.2, 0.25) is 0 Å². The van der Waals surface area contributed by atoms with E-state index in [1.54, 1.807) is 0 Å². The Labute approximate surface area is 107 Å². The molecule has 1 heterocycles. The summed E-state index contributed by atoms with van der Waals surface area (Å²) >= 11 is 0. The van der Waals surface area contributed by atoms with Crippen molar-refractivity contribution in [3.05, 3.63) is 0 Å². The second kappa shape index (κ2) is 5.71. The van der Waals surface area contributed by atoms with Crippen molar-refractivity contribution in [2.24, 2.45) is 11.3 Å². The van der Waals surface area contributed by atoms with Gasteiger partial charge in [0.05, 0.1) is 0 Å². The zero-order valence-corrected chi connectivity index (χ0v) is 12.0. The Balaban J connectivity index is 1.76. The molecule has 1 saturated heterocycles. The van der Waals surface area contributed by atoms with Gasteiger partial charge in [-0.15, -0.1) is 0 Å². The molecule has 2 nitrogen and oxygen atoms in total. The molecular weight excluding hydrogens is 208 g/mol. The van der Waals surface area contributed by atoms with Crippen molar-refractivity contribution in [3.8, 4) is 0 Å². The number of rotatable bonds is 3. The minimum atomic E-state index is 0.513. The molecule has 17 heavy (non-hydrogen) atoms. The first-order chi connectivity index (χ1) is 8.08. The smallest absolute Gasteiger partial charge is 0.0118 e. The molecule has 0 bridgehead atoms. The van der Waals surface area contributed by atoms with Gasteiger partial charge >= 0.3 is 0 Å². The van der Waals surface area contributed by atoms with Gasteiger partial charge in [0.25, 0.3) is 0 Å². The van der Waals surface area contributed by atoms with Crippen LogP contribution in [0.25, 0.3) is 0 Å². The fraction of sp³-hybridized carbons (Fsp3) is 1.00. The summed E-state index contributed by atoms with van der Waals surface area (Å²) in [5.41, 5.74) is 0.513. The van der Waals surface area contributed by atoms with E-state index < -0.39 is 0 Å². The lowest BCUT2D eigenvalue weighted by atomic mass is 9.73. The Morgan fingerprint density at radius 3 is 2.71 bits per heavy atom. The van der Waals surface area contributed by atoms with Gasteiger partial charge in [-0.2, -0.15) is 0 Å². The topological polar surface area (TPSA) is 15.3 Å². The van der Waals surface area contributed by atoms with Gasteiger partial charge in [-0.1, -0.05) is 26.7 Å². The average Bonchev–Trinajstić information content (AvgIpc) is 2.27. The molecule has 0 radical (unpaired) electrons. The van der Waals surface area contributed by atoms with Crippen LogP contribution in [0.1, 0.15) is 52.4 Å². The standard InChI is InChI=1S/C15H30N2/c1-15(2)9-5-4-8-14(15)16-11-13-7-6-10-17(3)12-13/h13-14,16H,4-12H2,1-3H3. The summed E-state index contributed by atoms with van der Waals surface area (Å²) in [5, 5.41) is 3.88. The molecule has 2 atom stereocenters. The summed E-state index contributed by atoms with van der Waals surface area (Å²) in [6.45, 7) is 8.71. The van der Waals surface area contributed by atoms with E-state index in [1.165, 1.54) is 58.2 Å². The van der Waals surface area contributed by atoms with Gasteiger partial charge in [0.1, 0.15) is 0 Å². The first-order valence-corrected chi connectivity index (χ1v) is 7.50. The van der Waals surface area contributed by atoms with Crippen molar-refractivity contribution < 1.29 is 0 Å². The van der Waals surface area contributed by atoms with Crippen molar-refractivity contribution in [1.29, 1.82) is 0 Å². The van der Waals surface area contributed by atoms with Crippen LogP contribution in [-0.2, 0) is 0 Å². The van der Waals surface area contributed by atoms with Crippen LogP contribution in [0, 0.1) is 11.3 Å². The van der Waals surface area contributed by atoms with E-state index in [9.17, 15) is 0 Å². The first kappa shape index (κ1) is 13.4. The zero-order valence-electron chi connectivity index (χ0n) is 12.0. The van der Waals surface area contributed by atoms with Gasteiger partial charge in [0.2, 0.25) is 0 Å². The first-order valence-electron chi connectivity index (χ1n) is 7.50. The second-order valence-electron chi connectivity index (χ2n) is 6.97. The van der Waals surface area contributed by atoms with Crippen molar-refractivity contribution in [2.75, 3.05) is 26.7 Å². The minimum Gasteiger partial charge on any atom is -0.313 e. The molecule has 0 aromatic carbocycles. The quantitative estimate of drug-likeness (QED) is 0.813. The van der Waals surface area contributed by atoms with Crippen molar-refractivity contribution in [3.63, 3.8) is 0 Å². The highest BCUT2D eigenvalue weighted by Gasteiger charge is 2.32. The Bertz CT molecular complexity index is 237. The van der Waals surface area contributed by atoms with Crippen LogP contribution in [0.4, 0.5) is 0 Å². The number of piperidine rings is 1. The molecule has 0 aromatic heterocycles. The molecule has 1 aliphatic carbocycles. The highest BCUT2D eigenvalue weighted by atomic mass is 15.1. The van der Waals surface area contributed by atoms with Gasteiger partial charge in [-0.3, -0.25) is 0 Å². The fourth-order valence-corrected chi connectivity index (χ4v) is 3.62. The maximum absolute atomic E-state index is 3.88. The summed E-state index contributed by atoms with van der Waals surface area (Å²) in [7, 11) is 2.26. The Kier molecular flexibility index (Phi) is 4.48. The van der Waals surface area contributed by atoms with Gasteiger partial charge < -0.3 is 10.2 Å². The highest BCUT2D eigenvalue weighted by Crippen LogP contribution is 2.35. The third kappa shape index (κ3) is 3.69. The molecule has 2 aliphatic rings. The van der Waals surface area contributed by atoms with Crippen LogP contribution in [-0.4, -0.2) is 37.6 Å². The molecular formula is C15H30N2. The number of hydrogen-bond acceptors (Lipinski definition) is 2. The second-order valence-corrected chi connectivity index (χ2v) is 6.97. The summed E-state index contributed by atoms with van der Waals surface area (Å²) in [5.74, 6) is 0.881.